The number of nitrogen functional groups attached to an aromatic ring is 1. The van der Waals surface area contributed by atoms with E-state index in [1.807, 2.05) is 0 Å². The van der Waals surface area contributed by atoms with E-state index in [-0.39, 0.29) is 16.5 Å². The van der Waals surface area contributed by atoms with Crippen LogP contribution in [0.4, 0.5) is 5.13 Å². The minimum Gasteiger partial charge on any atom is -0.477 e. The number of amides is 2. The van der Waals surface area contributed by atoms with Crippen molar-refractivity contribution in [2.75, 3.05) is 11.5 Å². The first kappa shape index (κ1) is 15.8. The van der Waals surface area contributed by atoms with E-state index in [4.69, 9.17) is 10.8 Å². The molecule has 0 spiro atoms. The van der Waals surface area contributed by atoms with Crippen LogP contribution in [-0.4, -0.2) is 55.0 Å². The van der Waals surface area contributed by atoms with Gasteiger partial charge in [0.25, 0.3) is 11.8 Å². The van der Waals surface area contributed by atoms with Crippen molar-refractivity contribution in [3.05, 3.63) is 22.8 Å². The number of aliphatic hydroxyl groups is 1. The smallest absolute Gasteiger partial charge is 0.352 e. The predicted octanol–water partition coefficient (Wildman–Crippen LogP) is -0.873. The molecule has 2 aliphatic heterocycles. The summed E-state index contributed by atoms with van der Waals surface area (Å²) >= 11 is 2.42. The number of fused-ring (bicyclic) bond motifs is 1. The number of hydrogen-bond acceptors (Lipinski definition) is 8. The molecule has 11 heteroatoms. The van der Waals surface area contributed by atoms with Crippen LogP contribution < -0.4 is 11.1 Å². The van der Waals surface area contributed by atoms with Crippen molar-refractivity contribution in [1.82, 2.24) is 15.2 Å². The van der Waals surface area contributed by atoms with Gasteiger partial charge in [-0.25, -0.2) is 9.78 Å². The summed E-state index contributed by atoms with van der Waals surface area (Å²) in [4.78, 5) is 40.2. The topological polar surface area (TPSA) is 146 Å². The molecule has 0 bridgehead atoms. The van der Waals surface area contributed by atoms with Crippen LogP contribution in [0, 0.1) is 0 Å². The predicted molar refractivity (Wildman–Crippen MR) is 82.2 cm³/mol. The summed E-state index contributed by atoms with van der Waals surface area (Å²) in [6.45, 7) is 0. The molecule has 23 heavy (non-hydrogen) atoms. The summed E-state index contributed by atoms with van der Waals surface area (Å²) in [6.07, 6.45) is -0.0831. The second kappa shape index (κ2) is 5.83. The van der Waals surface area contributed by atoms with Crippen molar-refractivity contribution in [2.24, 2.45) is 0 Å². The molecule has 2 amide bonds. The molecule has 1 saturated heterocycles. The first-order valence-corrected chi connectivity index (χ1v) is 8.40. The van der Waals surface area contributed by atoms with Gasteiger partial charge in [0.15, 0.2) is 11.2 Å². The van der Waals surface area contributed by atoms with E-state index in [1.54, 1.807) is 0 Å². The van der Waals surface area contributed by atoms with Crippen molar-refractivity contribution >= 4 is 46.0 Å². The fourth-order valence-electron chi connectivity index (χ4n) is 2.33. The highest BCUT2D eigenvalue weighted by atomic mass is 32.2. The molecule has 3 heterocycles. The second-order valence-electron chi connectivity index (χ2n) is 4.83. The number of carbonyl (C=O) groups is 3. The number of β-lactam (4-membered cyclic amide) rings is 1. The molecule has 0 aromatic carbocycles. The highest BCUT2D eigenvalue weighted by Crippen LogP contribution is 2.37. The van der Waals surface area contributed by atoms with Crippen LogP contribution >= 0.6 is 23.1 Å². The molecule has 122 valence electrons. The van der Waals surface area contributed by atoms with Gasteiger partial charge >= 0.3 is 5.97 Å². The SMILES string of the molecule is Nc1nc(C(O)C(=O)NC2C(=O)N3C(C(=O)O)=CCS[C@H]23)cs1. The van der Waals surface area contributed by atoms with Crippen LogP contribution in [0.1, 0.15) is 11.8 Å². The van der Waals surface area contributed by atoms with E-state index in [9.17, 15) is 19.5 Å². The third-order valence-electron chi connectivity index (χ3n) is 3.43. The van der Waals surface area contributed by atoms with Crippen molar-refractivity contribution in [1.29, 1.82) is 0 Å². The van der Waals surface area contributed by atoms with Gasteiger partial charge in [0, 0.05) is 11.1 Å². The maximum absolute atomic E-state index is 12.1. The Kier molecular flexibility index (Phi) is 4.00. The van der Waals surface area contributed by atoms with Crippen LogP contribution in [0.15, 0.2) is 17.2 Å². The van der Waals surface area contributed by atoms with E-state index < -0.39 is 35.3 Å². The number of carbonyl (C=O) groups excluding carboxylic acids is 2. The number of nitrogens with zero attached hydrogens (tertiary/aromatic N) is 2. The number of carboxylic acids is 1. The van der Waals surface area contributed by atoms with Crippen molar-refractivity contribution < 1.29 is 24.6 Å². The number of thiazole rings is 1. The van der Waals surface area contributed by atoms with Crippen LogP contribution in [0.3, 0.4) is 0 Å². The summed E-state index contributed by atoms with van der Waals surface area (Å²) in [6, 6.07) is -0.874. The van der Waals surface area contributed by atoms with Crippen molar-refractivity contribution in [3.63, 3.8) is 0 Å². The van der Waals surface area contributed by atoms with Gasteiger partial charge in [0.05, 0.1) is 5.69 Å². The van der Waals surface area contributed by atoms with Crippen molar-refractivity contribution in [3.8, 4) is 0 Å². The molecule has 9 nitrogen and oxygen atoms in total. The summed E-state index contributed by atoms with van der Waals surface area (Å²) in [7, 11) is 0. The Morgan fingerprint density at radius 2 is 2.26 bits per heavy atom. The van der Waals surface area contributed by atoms with Crippen LogP contribution in [0.5, 0.6) is 0 Å². The number of carboxylic acid groups (broad SMARTS) is 1. The molecule has 5 N–H and O–H groups in total. The molecular weight excluding hydrogens is 344 g/mol. The highest BCUT2D eigenvalue weighted by Gasteiger charge is 2.53. The molecule has 1 aromatic heterocycles. The third kappa shape index (κ3) is 2.66. The number of thioether (sulfide) groups is 1. The lowest BCUT2D eigenvalue weighted by molar-refractivity contribution is -0.151. The van der Waals surface area contributed by atoms with Gasteiger partial charge in [0.2, 0.25) is 0 Å². The fourth-order valence-corrected chi connectivity index (χ4v) is 4.11. The van der Waals surface area contributed by atoms with E-state index in [0.29, 0.717) is 5.75 Å². The molecule has 0 saturated carbocycles. The van der Waals surface area contributed by atoms with Gasteiger partial charge in [-0.3, -0.25) is 14.5 Å². The number of aliphatic hydroxyl groups excluding tert-OH is 1. The van der Waals surface area contributed by atoms with E-state index >= 15 is 0 Å². The Balaban J connectivity index is 1.68. The summed E-state index contributed by atoms with van der Waals surface area (Å²) < 4.78 is 0. The summed E-state index contributed by atoms with van der Waals surface area (Å²) in [5, 5.41) is 22.6. The Morgan fingerprint density at radius 3 is 2.87 bits per heavy atom. The second-order valence-corrected chi connectivity index (χ2v) is 6.87. The van der Waals surface area contributed by atoms with Gasteiger partial charge in [-0.05, 0) is 6.08 Å². The monoisotopic (exact) mass is 356 g/mol. The van der Waals surface area contributed by atoms with E-state index in [0.717, 1.165) is 16.2 Å². The van der Waals surface area contributed by atoms with Crippen LogP contribution in [0.2, 0.25) is 0 Å². The maximum atomic E-state index is 12.1. The number of nitrogens with one attached hydrogen (secondary N) is 1. The van der Waals surface area contributed by atoms with Crippen LogP contribution in [0.25, 0.3) is 0 Å². The first-order chi connectivity index (χ1) is 10.9. The largest absolute Gasteiger partial charge is 0.477 e. The number of hydrogen-bond donors (Lipinski definition) is 4. The molecule has 3 rings (SSSR count). The lowest BCUT2D eigenvalue weighted by atomic mass is 10.0. The minimum atomic E-state index is -1.53. The number of anilines is 1. The lowest BCUT2D eigenvalue weighted by Gasteiger charge is -2.48. The molecule has 3 atom stereocenters. The van der Waals surface area contributed by atoms with Gasteiger partial charge in [-0.15, -0.1) is 23.1 Å². The van der Waals surface area contributed by atoms with Gasteiger partial charge in [0.1, 0.15) is 17.1 Å². The Bertz CT molecular complexity index is 718. The number of rotatable bonds is 4. The normalized spacial score (nSPS) is 24.3. The average Bonchev–Trinajstić information content (AvgIpc) is 2.96. The van der Waals surface area contributed by atoms with Gasteiger partial charge in [-0.2, -0.15) is 0 Å². The van der Waals surface area contributed by atoms with E-state index in [2.05, 4.69) is 10.3 Å². The Labute approximate surface area is 138 Å². The molecule has 2 aliphatic rings. The Morgan fingerprint density at radius 1 is 1.52 bits per heavy atom. The summed E-state index contributed by atoms with van der Waals surface area (Å²) in [5.74, 6) is -2.06. The first-order valence-electron chi connectivity index (χ1n) is 6.47. The maximum Gasteiger partial charge on any atom is 0.352 e. The van der Waals surface area contributed by atoms with E-state index in [1.165, 1.54) is 23.2 Å². The molecule has 1 fully saturated rings. The number of aliphatic carboxylic acids is 1. The molecular formula is C12H12N4O5S2. The van der Waals surface area contributed by atoms with Gasteiger partial charge in [-0.1, -0.05) is 0 Å². The van der Waals surface area contributed by atoms with Crippen molar-refractivity contribution in [2.45, 2.75) is 17.5 Å². The molecule has 0 aliphatic carbocycles. The standard InChI is InChI=1S/C12H12N4O5S2/c13-12-14-4(3-23-12)7(17)8(18)15-6-9(19)16-5(11(20)21)1-2-22-10(6)16/h1,3,6-7,10,17H,2H2,(H2,13,14)(H,15,18)(H,20,21)/t6?,7?,10-/m1/s1. The number of aromatic nitrogens is 1. The lowest BCUT2D eigenvalue weighted by Crippen LogP contribution is -2.70. The van der Waals surface area contributed by atoms with Crippen LogP contribution in [-0.2, 0) is 14.4 Å². The Hall–Kier alpha value is -2.11. The zero-order valence-corrected chi connectivity index (χ0v) is 13.1. The zero-order chi connectivity index (χ0) is 16.7. The minimum absolute atomic E-state index is 0.0860. The van der Waals surface area contributed by atoms with Gasteiger partial charge < -0.3 is 21.3 Å². The molecule has 2 unspecified atom stereocenters. The third-order valence-corrected chi connectivity index (χ3v) is 5.31. The molecule has 0 radical (unpaired) electrons. The highest BCUT2D eigenvalue weighted by molar-refractivity contribution is 8.00. The summed E-state index contributed by atoms with van der Waals surface area (Å²) in [5.41, 5.74) is 5.47. The fraction of sp³-hybridized carbons (Fsp3) is 0.333. The number of nitrogens with two attached hydrogens (primary N) is 1. The zero-order valence-electron chi connectivity index (χ0n) is 11.5. The molecule has 1 aromatic rings. The quantitative estimate of drug-likeness (QED) is 0.509. The average molecular weight is 356 g/mol.